The molecule has 4 heteroatoms. The molecule has 0 aliphatic carbocycles. The van der Waals surface area contributed by atoms with Gasteiger partial charge in [-0.3, -0.25) is 9.69 Å². The van der Waals surface area contributed by atoms with Crippen molar-refractivity contribution >= 4 is 5.91 Å². The molecule has 4 nitrogen and oxygen atoms in total. The van der Waals surface area contributed by atoms with Crippen LogP contribution in [0.1, 0.15) is 24.0 Å². The number of hydrogen-bond donors (Lipinski definition) is 1. The lowest BCUT2D eigenvalue weighted by Crippen LogP contribution is -2.46. The predicted octanol–water partition coefficient (Wildman–Crippen LogP) is 1.71. The quantitative estimate of drug-likeness (QED) is 0.882. The Morgan fingerprint density at radius 2 is 2.21 bits per heavy atom. The van der Waals surface area contributed by atoms with Gasteiger partial charge in [-0.05, 0) is 37.3 Å². The monoisotopic (exact) mass is 262 g/mol. The summed E-state index contributed by atoms with van der Waals surface area (Å²) in [5.74, 6) is 3.52. The highest BCUT2D eigenvalue weighted by atomic mass is 16.3. The van der Waals surface area contributed by atoms with Crippen LogP contribution in [0.3, 0.4) is 0 Å². The van der Waals surface area contributed by atoms with Gasteiger partial charge in [-0.15, -0.1) is 0 Å². The zero-order valence-corrected chi connectivity index (χ0v) is 11.9. The third-order valence-corrected chi connectivity index (χ3v) is 4.76. The van der Waals surface area contributed by atoms with Crippen LogP contribution in [-0.2, 0) is 11.3 Å². The molecule has 19 heavy (non-hydrogen) atoms. The van der Waals surface area contributed by atoms with Gasteiger partial charge >= 0.3 is 0 Å². The number of carbonyl (C=O) groups is 1. The Kier molecular flexibility index (Phi) is 3.13. The lowest BCUT2D eigenvalue weighted by atomic mass is 9.81. The number of nitrogens with zero attached hydrogens (tertiary/aromatic N) is 1. The van der Waals surface area contributed by atoms with Gasteiger partial charge in [0, 0.05) is 25.6 Å². The zero-order chi connectivity index (χ0) is 13.6. The first kappa shape index (κ1) is 12.7. The van der Waals surface area contributed by atoms with Gasteiger partial charge in [0.05, 0.1) is 6.54 Å². The molecule has 2 fully saturated rings. The minimum Gasteiger partial charge on any atom is -0.465 e. The van der Waals surface area contributed by atoms with Gasteiger partial charge in [0.15, 0.2) is 0 Å². The van der Waals surface area contributed by atoms with Crippen molar-refractivity contribution in [1.82, 2.24) is 10.2 Å². The number of aryl methyl sites for hydroxylation is 2. The van der Waals surface area contributed by atoms with E-state index in [1.807, 2.05) is 6.92 Å². The summed E-state index contributed by atoms with van der Waals surface area (Å²) >= 11 is 0. The number of fused-ring (bicyclic) bond motifs is 1. The van der Waals surface area contributed by atoms with Crippen LogP contribution in [0.5, 0.6) is 0 Å². The van der Waals surface area contributed by atoms with Crippen molar-refractivity contribution in [2.45, 2.75) is 27.3 Å². The molecular weight excluding hydrogens is 240 g/mol. The second-order valence-corrected chi connectivity index (χ2v) is 6.10. The van der Waals surface area contributed by atoms with E-state index in [-0.39, 0.29) is 11.8 Å². The molecule has 1 amide bonds. The fourth-order valence-corrected chi connectivity index (χ4v) is 3.44. The van der Waals surface area contributed by atoms with Gasteiger partial charge in [0.2, 0.25) is 5.91 Å². The van der Waals surface area contributed by atoms with Crippen LogP contribution in [0, 0.1) is 31.6 Å². The first-order valence-corrected chi connectivity index (χ1v) is 7.10. The molecular formula is C15H22N2O2. The molecule has 3 atom stereocenters. The van der Waals surface area contributed by atoms with Crippen LogP contribution in [0.25, 0.3) is 0 Å². The summed E-state index contributed by atoms with van der Waals surface area (Å²) in [4.78, 5) is 14.1. The minimum absolute atomic E-state index is 0.142. The van der Waals surface area contributed by atoms with Crippen LogP contribution in [0.2, 0.25) is 0 Å². The Morgan fingerprint density at radius 3 is 2.89 bits per heavy atom. The molecule has 2 saturated heterocycles. The summed E-state index contributed by atoms with van der Waals surface area (Å²) in [6.07, 6.45) is 0. The van der Waals surface area contributed by atoms with Gasteiger partial charge in [-0.25, -0.2) is 0 Å². The number of amides is 1. The normalized spacial score (nSPS) is 31.3. The first-order chi connectivity index (χ1) is 9.04. The van der Waals surface area contributed by atoms with Crippen molar-refractivity contribution in [2.24, 2.45) is 17.8 Å². The maximum Gasteiger partial charge on any atom is 0.223 e. The largest absolute Gasteiger partial charge is 0.465 e. The smallest absolute Gasteiger partial charge is 0.223 e. The van der Waals surface area contributed by atoms with E-state index in [1.165, 1.54) is 5.56 Å². The number of furan rings is 1. The van der Waals surface area contributed by atoms with Crippen molar-refractivity contribution in [1.29, 1.82) is 0 Å². The van der Waals surface area contributed by atoms with Gasteiger partial charge in [-0.1, -0.05) is 6.92 Å². The molecule has 2 aliphatic rings. The highest BCUT2D eigenvalue weighted by molar-refractivity contribution is 5.79. The van der Waals surface area contributed by atoms with Gasteiger partial charge < -0.3 is 9.73 Å². The number of nitrogens with one attached hydrogen (secondary N) is 1. The number of carbonyl (C=O) groups excluding carboxylic acids is 1. The lowest BCUT2D eigenvalue weighted by molar-refractivity contribution is -0.128. The maximum atomic E-state index is 11.7. The first-order valence-electron chi connectivity index (χ1n) is 7.10. The van der Waals surface area contributed by atoms with Crippen LogP contribution in [0.4, 0.5) is 0 Å². The van der Waals surface area contributed by atoms with Crippen LogP contribution < -0.4 is 5.32 Å². The van der Waals surface area contributed by atoms with Crippen molar-refractivity contribution in [3.05, 3.63) is 23.2 Å². The van der Waals surface area contributed by atoms with Gasteiger partial charge in [0.1, 0.15) is 11.5 Å². The number of hydrogen-bond acceptors (Lipinski definition) is 3. The maximum absolute atomic E-state index is 11.7. The third kappa shape index (κ3) is 2.29. The summed E-state index contributed by atoms with van der Waals surface area (Å²) in [7, 11) is 0. The molecule has 0 radical (unpaired) electrons. The average Bonchev–Trinajstić information content (AvgIpc) is 2.89. The van der Waals surface area contributed by atoms with Gasteiger partial charge in [-0.2, -0.15) is 0 Å². The van der Waals surface area contributed by atoms with Crippen molar-refractivity contribution in [3.8, 4) is 0 Å². The zero-order valence-electron chi connectivity index (χ0n) is 11.9. The second-order valence-electron chi connectivity index (χ2n) is 6.10. The van der Waals surface area contributed by atoms with E-state index in [2.05, 4.69) is 30.1 Å². The van der Waals surface area contributed by atoms with E-state index in [9.17, 15) is 4.79 Å². The van der Waals surface area contributed by atoms with Crippen molar-refractivity contribution in [2.75, 3.05) is 19.6 Å². The SMILES string of the molecule is Cc1cc(CN2C[C@H]3CNC(=O)[C@H](C)[C@H]3C2)oc1C. The molecule has 0 spiro atoms. The molecule has 0 bridgehead atoms. The Hall–Kier alpha value is -1.29. The molecule has 3 heterocycles. The Balaban J connectivity index is 1.67. The fraction of sp³-hybridized carbons (Fsp3) is 0.667. The van der Waals surface area contributed by atoms with E-state index in [0.717, 1.165) is 37.7 Å². The van der Waals surface area contributed by atoms with Crippen molar-refractivity contribution < 1.29 is 9.21 Å². The number of rotatable bonds is 2. The molecule has 0 unspecified atom stereocenters. The van der Waals surface area contributed by atoms with Crippen LogP contribution in [0.15, 0.2) is 10.5 Å². The van der Waals surface area contributed by atoms with Crippen LogP contribution >= 0.6 is 0 Å². The van der Waals surface area contributed by atoms with E-state index in [4.69, 9.17) is 4.42 Å². The second kappa shape index (κ2) is 4.67. The van der Waals surface area contributed by atoms with E-state index in [1.54, 1.807) is 0 Å². The third-order valence-electron chi connectivity index (χ3n) is 4.76. The standard InChI is InChI=1S/C15H22N2O2/c1-9-4-13(19-11(9)3)7-17-6-12-5-16-15(18)10(2)14(12)8-17/h4,10,12,14H,5-8H2,1-3H3,(H,16,18)/t10-,12-,14-/m1/s1. The molecule has 104 valence electrons. The number of piperidine rings is 1. The predicted molar refractivity (Wildman–Crippen MR) is 72.6 cm³/mol. The lowest BCUT2D eigenvalue weighted by Gasteiger charge is -2.30. The van der Waals surface area contributed by atoms with E-state index >= 15 is 0 Å². The summed E-state index contributed by atoms with van der Waals surface area (Å²) in [5, 5.41) is 3.01. The molecule has 1 N–H and O–H groups in total. The number of likely N-dealkylation sites (tertiary alicyclic amines) is 1. The average molecular weight is 262 g/mol. The Morgan fingerprint density at radius 1 is 1.42 bits per heavy atom. The molecule has 0 aromatic carbocycles. The van der Waals surface area contributed by atoms with Crippen molar-refractivity contribution in [3.63, 3.8) is 0 Å². The summed E-state index contributed by atoms with van der Waals surface area (Å²) in [6.45, 7) is 9.91. The van der Waals surface area contributed by atoms with E-state index in [0.29, 0.717) is 11.8 Å². The highest BCUT2D eigenvalue weighted by Gasteiger charge is 2.41. The molecule has 0 saturated carbocycles. The topological polar surface area (TPSA) is 45.5 Å². The summed E-state index contributed by atoms with van der Waals surface area (Å²) in [5.41, 5.74) is 1.22. The Labute approximate surface area is 114 Å². The Bertz CT molecular complexity index is 475. The van der Waals surface area contributed by atoms with Crippen LogP contribution in [-0.4, -0.2) is 30.4 Å². The molecule has 2 aliphatic heterocycles. The molecule has 3 rings (SSSR count). The highest BCUT2D eigenvalue weighted by Crippen LogP contribution is 2.33. The summed E-state index contributed by atoms with van der Waals surface area (Å²) < 4.78 is 5.75. The molecule has 1 aromatic heterocycles. The molecule has 1 aromatic rings. The minimum atomic E-state index is 0.142. The summed E-state index contributed by atoms with van der Waals surface area (Å²) in [6, 6.07) is 2.13. The van der Waals surface area contributed by atoms with E-state index < -0.39 is 0 Å². The van der Waals surface area contributed by atoms with Gasteiger partial charge in [0.25, 0.3) is 0 Å². The fourth-order valence-electron chi connectivity index (χ4n) is 3.44.